The summed E-state index contributed by atoms with van der Waals surface area (Å²) in [6, 6.07) is 4.56. The molecule has 0 spiro atoms. The van der Waals surface area contributed by atoms with E-state index in [4.69, 9.17) is 9.47 Å². The molecule has 0 atom stereocenters. The van der Waals surface area contributed by atoms with Gasteiger partial charge in [0.15, 0.2) is 0 Å². The molecule has 1 fully saturated rings. The highest BCUT2D eigenvalue weighted by molar-refractivity contribution is 5.20. The predicted octanol–water partition coefficient (Wildman–Crippen LogP) is 1.75. The van der Waals surface area contributed by atoms with E-state index >= 15 is 0 Å². The predicted molar refractivity (Wildman–Crippen MR) is 66.1 cm³/mol. The van der Waals surface area contributed by atoms with Gasteiger partial charge in [0.05, 0.1) is 13.2 Å². The number of nitrogens with zero attached hydrogens (tertiary/aromatic N) is 1. The molecule has 2 rings (SSSR count). The van der Waals surface area contributed by atoms with Crippen molar-refractivity contribution in [1.82, 2.24) is 10.3 Å². The Balaban J connectivity index is 1.72. The van der Waals surface area contributed by atoms with E-state index in [1.165, 1.54) is 5.56 Å². The number of nitrogens with one attached hydrogen (secondary N) is 1. The molecule has 1 N–H and O–H groups in total. The molecule has 0 bridgehead atoms. The summed E-state index contributed by atoms with van der Waals surface area (Å²) in [7, 11) is 1.64. The maximum Gasteiger partial charge on any atom is 0.213 e. The van der Waals surface area contributed by atoms with Crippen molar-refractivity contribution in [3.05, 3.63) is 23.9 Å². The van der Waals surface area contributed by atoms with Crippen LogP contribution in [0.15, 0.2) is 18.3 Å². The van der Waals surface area contributed by atoms with Gasteiger partial charge in [0.1, 0.15) is 0 Å². The van der Waals surface area contributed by atoms with Gasteiger partial charge in [0.25, 0.3) is 0 Å². The molecule has 4 nitrogen and oxygen atoms in total. The summed E-state index contributed by atoms with van der Waals surface area (Å²) in [6.45, 7) is 3.73. The van der Waals surface area contributed by atoms with Crippen molar-refractivity contribution >= 4 is 0 Å². The highest BCUT2D eigenvalue weighted by Gasteiger charge is 2.28. The molecule has 1 saturated carbocycles. The number of hydrogen-bond acceptors (Lipinski definition) is 4. The smallest absolute Gasteiger partial charge is 0.213 e. The molecule has 1 aliphatic carbocycles. The van der Waals surface area contributed by atoms with Gasteiger partial charge in [-0.25, -0.2) is 4.98 Å². The summed E-state index contributed by atoms with van der Waals surface area (Å²) < 4.78 is 10.6. The summed E-state index contributed by atoms with van der Waals surface area (Å²) in [5.74, 6) is 0.671. The van der Waals surface area contributed by atoms with Crippen molar-refractivity contribution in [2.75, 3.05) is 13.7 Å². The molecule has 0 aromatic carbocycles. The zero-order chi connectivity index (χ0) is 12.1. The third-order valence-corrected chi connectivity index (χ3v) is 3.10. The van der Waals surface area contributed by atoms with E-state index in [1.54, 1.807) is 13.3 Å². The minimum Gasteiger partial charge on any atom is -0.481 e. The van der Waals surface area contributed by atoms with Gasteiger partial charge < -0.3 is 14.8 Å². The molecule has 94 valence electrons. The maximum atomic E-state index is 5.53. The summed E-state index contributed by atoms with van der Waals surface area (Å²) in [5.41, 5.74) is 1.21. The second-order valence-corrected chi connectivity index (χ2v) is 4.33. The number of hydrogen-bond donors (Lipinski definition) is 1. The average molecular weight is 236 g/mol. The molecule has 0 unspecified atom stereocenters. The van der Waals surface area contributed by atoms with Crippen molar-refractivity contribution in [2.45, 2.75) is 38.5 Å². The van der Waals surface area contributed by atoms with Gasteiger partial charge in [0.2, 0.25) is 5.88 Å². The first-order valence-electron chi connectivity index (χ1n) is 6.15. The lowest BCUT2D eigenvalue weighted by Crippen LogP contribution is -2.45. The largest absolute Gasteiger partial charge is 0.481 e. The molecule has 1 aliphatic rings. The van der Waals surface area contributed by atoms with Gasteiger partial charge in [-0.15, -0.1) is 0 Å². The monoisotopic (exact) mass is 236 g/mol. The second-order valence-electron chi connectivity index (χ2n) is 4.33. The number of aromatic nitrogens is 1. The van der Waals surface area contributed by atoms with Crippen LogP contribution in [0.1, 0.15) is 25.3 Å². The van der Waals surface area contributed by atoms with E-state index in [0.29, 0.717) is 18.0 Å². The van der Waals surface area contributed by atoms with Gasteiger partial charge in [0, 0.05) is 31.5 Å². The summed E-state index contributed by atoms with van der Waals surface area (Å²) >= 11 is 0. The van der Waals surface area contributed by atoms with E-state index in [1.807, 2.05) is 19.1 Å². The summed E-state index contributed by atoms with van der Waals surface area (Å²) in [4.78, 5) is 4.09. The zero-order valence-corrected chi connectivity index (χ0v) is 10.5. The lowest BCUT2D eigenvalue weighted by atomic mass is 9.89. The van der Waals surface area contributed by atoms with Gasteiger partial charge in [-0.3, -0.25) is 0 Å². The van der Waals surface area contributed by atoms with E-state index in [9.17, 15) is 0 Å². The molecule has 1 aromatic heterocycles. The van der Waals surface area contributed by atoms with Gasteiger partial charge in [-0.2, -0.15) is 0 Å². The Morgan fingerprint density at radius 1 is 1.47 bits per heavy atom. The number of pyridine rings is 1. The summed E-state index contributed by atoms with van der Waals surface area (Å²) in [5, 5.41) is 3.51. The van der Waals surface area contributed by atoms with Crippen molar-refractivity contribution in [3.63, 3.8) is 0 Å². The highest BCUT2D eigenvalue weighted by atomic mass is 16.5. The van der Waals surface area contributed by atoms with Crippen LogP contribution in [-0.2, 0) is 11.3 Å². The number of methoxy groups -OCH3 is 1. The Morgan fingerprint density at radius 2 is 2.29 bits per heavy atom. The number of rotatable bonds is 6. The lowest BCUT2D eigenvalue weighted by Gasteiger charge is -2.35. The fourth-order valence-corrected chi connectivity index (χ4v) is 2.04. The normalized spacial score (nSPS) is 23.2. The van der Waals surface area contributed by atoms with Crippen LogP contribution >= 0.6 is 0 Å². The Morgan fingerprint density at radius 3 is 3.00 bits per heavy atom. The van der Waals surface area contributed by atoms with Crippen LogP contribution in [0.3, 0.4) is 0 Å². The van der Waals surface area contributed by atoms with Gasteiger partial charge in [-0.05, 0) is 31.4 Å². The molecule has 4 heteroatoms. The number of ether oxygens (including phenoxy) is 2. The molecule has 0 radical (unpaired) electrons. The summed E-state index contributed by atoms with van der Waals surface area (Å²) in [6.07, 6.45) is 4.48. The third-order valence-electron chi connectivity index (χ3n) is 3.10. The van der Waals surface area contributed by atoms with E-state index in [0.717, 1.165) is 26.0 Å². The van der Waals surface area contributed by atoms with Gasteiger partial charge in [-0.1, -0.05) is 0 Å². The molecule has 1 aromatic rings. The van der Waals surface area contributed by atoms with Crippen molar-refractivity contribution < 1.29 is 9.47 Å². The maximum absolute atomic E-state index is 5.53. The Bertz CT molecular complexity index is 351. The van der Waals surface area contributed by atoms with Crippen molar-refractivity contribution in [3.8, 4) is 5.88 Å². The molecule has 1 heterocycles. The Labute approximate surface area is 102 Å². The minimum atomic E-state index is 0.462. The van der Waals surface area contributed by atoms with Crippen LogP contribution in [0.2, 0.25) is 0 Å². The van der Waals surface area contributed by atoms with Crippen LogP contribution in [-0.4, -0.2) is 30.8 Å². The molecule has 0 saturated heterocycles. The fraction of sp³-hybridized carbons (Fsp3) is 0.615. The van der Waals surface area contributed by atoms with E-state index < -0.39 is 0 Å². The van der Waals surface area contributed by atoms with Crippen molar-refractivity contribution in [1.29, 1.82) is 0 Å². The second kappa shape index (κ2) is 5.98. The standard InChI is InChI=1S/C13H20N2O2/c1-3-17-12-7-11(8-12)15-9-10-4-5-14-13(6-10)16-2/h4-6,11-12,15H,3,7-9H2,1-2H3. The van der Waals surface area contributed by atoms with E-state index in [-0.39, 0.29) is 0 Å². The van der Waals surface area contributed by atoms with Crippen LogP contribution in [0.25, 0.3) is 0 Å². The molecular formula is C13H20N2O2. The lowest BCUT2D eigenvalue weighted by molar-refractivity contribution is -0.0102. The minimum absolute atomic E-state index is 0.462. The Kier molecular flexibility index (Phi) is 4.34. The first kappa shape index (κ1) is 12.3. The van der Waals surface area contributed by atoms with E-state index in [2.05, 4.69) is 10.3 Å². The SMILES string of the molecule is CCOC1CC(NCc2ccnc(OC)c2)C1. The van der Waals surface area contributed by atoms with Crippen LogP contribution < -0.4 is 10.1 Å². The highest BCUT2D eigenvalue weighted by Crippen LogP contribution is 2.23. The fourth-order valence-electron chi connectivity index (χ4n) is 2.04. The quantitative estimate of drug-likeness (QED) is 0.817. The van der Waals surface area contributed by atoms with Crippen molar-refractivity contribution in [2.24, 2.45) is 0 Å². The third kappa shape index (κ3) is 3.41. The average Bonchev–Trinajstić information content (AvgIpc) is 2.32. The molecule has 17 heavy (non-hydrogen) atoms. The zero-order valence-electron chi connectivity index (χ0n) is 10.5. The molecule has 0 amide bonds. The topological polar surface area (TPSA) is 43.4 Å². The van der Waals surface area contributed by atoms with Crippen LogP contribution in [0.4, 0.5) is 0 Å². The molecule has 0 aliphatic heterocycles. The van der Waals surface area contributed by atoms with Gasteiger partial charge >= 0.3 is 0 Å². The van der Waals surface area contributed by atoms with Crippen LogP contribution in [0, 0.1) is 0 Å². The Hall–Kier alpha value is -1.13. The van der Waals surface area contributed by atoms with Crippen LogP contribution in [0.5, 0.6) is 5.88 Å². The molecular weight excluding hydrogens is 216 g/mol. The first-order valence-corrected chi connectivity index (χ1v) is 6.15. The first-order chi connectivity index (χ1) is 8.31.